The molecule has 0 atom stereocenters. The molecule has 6 nitrogen and oxygen atoms in total. The topological polar surface area (TPSA) is 74.1 Å². The molecule has 0 unspecified atom stereocenters. The van der Waals surface area contributed by atoms with Crippen molar-refractivity contribution in [1.29, 1.82) is 0 Å². The summed E-state index contributed by atoms with van der Waals surface area (Å²) in [4.78, 5) is -0.779. The van der Waals surface area contributed by atoms with Crippen molar-refractivity contribution in [3.8, 4) is 5.75 Å². The molecule has 0 fully saturated rings. The van der Waals surface area contributed by atoms with Gasteiger partial charge in [-0.25, -0.2) is 17.2 Å². The van der Waals surface area contributed by atoms with Crippen LogP contribution < -0.4 is 4.74 Å². The SMILES string of the molecule is Cn1cnnc1COc1c(F)cc(F)cc1S(=O)(=O)Cl. The summed E-state index contributed by atoms with van der Waals surface area (Å²) < 4.78 is 55.9. The Kier molecular flexibility index (Phi) is 3.91. The molecule has 1 aromatic heterocycles. The Labute approximate surface area is 117 Å². The first-order valence-electron chi connectivity index (χ1n) is 5.18. The highest BCUT2D eigenvalue weighted by atomic mass is 35.7. The maximum atomic E-state index is 13.6. The second kappa shape index (κ2) is 5.33. The fraction of sp³-hybridized carbons (Fsp3) is 0.200. The van der Waals surface area contributed by atoms with E-state index in [-0.39, 0.29) is 6.61 Å². The van der Waals surface area contributed by atoms with Gasteiger partial charge in [0.15, 0.2) is 17.4 Å². The molecule has 108 valence electrons. The van der Waals surface area contributed by atoms with E-state index < -0.39 is 31.3 Å². The third-order valence-electron chi connectivity index (χ3n) is 2.39. The van der Waals surface area contributed by atoms with Crippen LogP contribution in [0, 0.1) is 11.6 Å². The van der Waals surface area contributed by atoms with Crippen LogP contribution in [0.2, 0.25) is 0 Å². The minimum absolute atomic E-state index is 0.252. The summed E-state index contributed by atoms with van der Waals surface area (Å²) in [5, 5.41) is 7.26. The summed E-state index contributed by atoms with van der Waals surface area (Å²) in [6.45, 7) is -0.252. The van der Waals surface area contributed by atoms with Gasteiger partial charge in [0, 0.05) is 23.8 Å². The van der Waals surface area contributed by atoms with Crippen molar-refractivity contribution in [2.24, 2.45) is 7.05 Å². The van der Waals surface area contributed by atoms with Gasteiger partial charge in [-0.05, 0) is 6.07 Å². The lowest BCUT2D eigenvalue weighted by atomic mass is 10.3. The summed E-state index contributed by atoms with van der Waals surface area (Å²) in [7, 11) is 2.39. The Bertz CT molecular complexity index is 748. The number of aryl methyl sites for hydroxylation is 1. The third kappa shape index (κ3) is 3.05. The van der Waals surface area contributed by atoms with Crippen molar-refractivity contribution in [2.75, 3.05) is 0 Å². The number of aromatic nitrogens is 3. The first-order chi connectivity index (χ1) is 9.29. The number of nitrogens with zero attached hydrogens (tertiary/aromatic N) is 3. The van der Waals surface area contributed by atoms with Crippen LogP contribution in [-0.4, -0.2) is 23.2 Å². The van der Waals surface area contributed by atoms with E-state index in [0.717, 1.165) is 0 Å². The highest BCUT2D eigenvalue weighted by Crippen LogP contribution is 2.31. The number of rotatable bonds is 4. The summed E-state index contributed by atoms with van der Waals surface area (Å²) >= 11 is 0. The van der Waals surface area contributed by atoms with E-state index in [1.165, 1.54) is 10.9 Å². The fourth-order valence-corrected chi connectivity index (χ4v) is 2.41. The predicted octanol–water partition coefficient (Wildman–Crippen LogP) is 1.60. The minimum atomic E-state index is -4.36. The van der Waals surface area contributed by atoms with Crippen molar-refractivity contribution in [3.63, 3.8) is 0 Å². The van der Waals surface area contributed by atoms with Crippen molar-refractivity contribution < 1.29 is 21.9 Å². The van der Waals surface area contributed by atoms with Crippen LogP contribution in [0.1, 0.15) is 5.82 Å². The van der Waals surface area contributed by atoms with Crippen LogP contribution in [0.3, 0.4) is 0 Å². The molecule has 0 aliphatic heterocycles. The molecule has 0 saturated heterocycles. The van der Waals surface area contributed by atoms with E-state index in [9.17, 15) is 17.2 Å². The summed E-state index contributed by atoms with van der Waals surface area (Å²) in [6.07, 6.45) is 1.39. The van der Waals surface area contributed by atoms with Gasteiger partial charge in [0.05, 0.1) is 0 Å². The van der Waals surface area contributed by atoms with E-state index in [0.29, 0.717) is 18.0 Å². The zero-order chi connectivity index (χ0) is 14.9. The maximum absolute atomic E-state index is 13.6. The molecule has 2 aromatic rings. The second-order valence-electron chi connectivity index (χ2n) is 3.80. The van der Waals surface area contributed by atoms with Gasteiger partial charge in [0.1, 0.15) is 23.6 Å². The van der Waals surface area contributed by atoms with Crippen LogP contribution in [0.4, 0.5) is 8.78 Å². The third-order valence-corrected chi connectivity index (χ3v) is 3.72. The van der Waals surface area contributed by atoms with Gasteiger partial charge in [-0.3, -0.25) is 0 Å². The fourth-order valence-electron chi connectivity index (χ4n) is 1.43. The smallest absolute Gasteiger partial charge is 0.265 e. The Morgan fingerprint density at radius 1 is 1.40 bits per heavy atom. The van der Waals surface area contributed by atoms with Crippen LogP contribution in [0.5, 0.6) is 5.75 Å². The molecule has 0 N–H and O–H groups in total. The lowest BCUT2D eigenvalue weighted by molar-refractivity contribution is 0.268. The van der Waals surface area contributed by atoms with Gasteiger partial charge in [-0.2, -0.15) is 0 Å². The van der Waals surface area contributed by atoms with E-state index in [1.54, 1.807) is 7.05 Å². The Morgan fingerprint density at radius 3 is 2.65 bits per heavy atom. The van der Waals surface area contributed by atoms with Gasteiger partial charge in [-0.15, -0.1) is 10.2 Å². The maximum Gasteiger partial charge on any atom is 0.265 e. The second-order valence-corrected chi connectivity index (χ2v) is 6.33. The number of benzene rings is 1. The van der Waals surface area contributed by atoms with Crippen molar-refractivity contribution in [2.45, 2.75) is 11.5 Å². The largest absolute Gasteiger partial charge is 0.481 e. The molecule has 1 heterocycles. The average Bonchev–Trinajstić information content (AvgIpc) is 2.72. The predicted molar refractivity (Wildman–Crippen MR) is 64.7 cm³/mol. The van der Waals surface area contributed by atoms with Gasteiger partial charge >= 0.3 is 0 Å². The molecule has 10 heteroatoms. The van der Waals surface area contributed by atoms with Gasteiger partial charge in [-0.1, -0.05) is 0 Å². The molecular weight excluding hydrogens is 316 g/mol. The molecule has 2 rings (SSSR count). The highest BCUT2D eigenvalue weighted by molar-refractivity contribution is 8.13. The molecule has 0 amide bonds. The lowest BCUT2D eigenvalue weighted by Gasteiger charge is -2.10. The normalized spacial score (nSPS) is 11.6. The quantitative estimate of drug-likeness (QED) is 0.799. The van der Waals surface area contributed by atoms with Gasteiger partial charge in [0.25, 0.3) is 9.05 Å². The first kappa shape index (κ1) is 14.7. The molecule has 0 saturated carbocycles. The number of hydrogen-bond acceptors (Lipinski definition) is 5. The number of halogens is 3. The number of ether oxygens (including phenoxy) is 1. The molecular formula is C10H8ClF2N3O3S. The van der Waals surface area contributed by atoms with Crippen molar-refractivity contribution >= 4 is 19.7 Å². The molecule has 0 spiro atoms. The zero-order valence-electron chi connectivity index (χ0n) is 10.0. The van der Waals surface area contributed by atoms with E-state index in [1.807, 2.05) is 0 Å². The zero-order valence-corrected chi connectivity index (χ0v) is 11.6. The minimum Gasteiger partial charge on any atom is -0.481 e. The standard InChI is InChI=1S/C10H8ClF2N3O3S/c1-16-5-14-15-9(16)4-19-10-7(13)2-6(12)3-8(10)20(11,17)18/h2-3,5H,4H2,1H3. The van der Waals surface area contributed by atoms with Crippen LogP contribution in [0.15, 0.2) is 23.4 Å². The molecule has 0 aliphatic carbocycles. The lowest BCUT2D eigenvalue weighted by Crippen LogP contribution is -2.07. The van der Waals surface area contributed by atoms with Gasteiger partial charge in [0.2, 0.25) is 0 Å². The number of hydrogen-bond donors (Lipinski definition) is 0. The van der Waals surface area contributed by atoms with Crippen LogP contribution in [-0.2, 0) is 22.7 Å². The van der Waals surface area contributed by atoms with E-state index in [2.05, 4.69) is 10.2 Å². The molecule has 0 radical (unpaired) electrons. The Balaban J connectivity index is 2.38. The summed E-state index contributed by atoms with van der Waals surface area (Å²) in [5.74, 6) is -2.59. The Hall–Kier alpha value is -1.74. The molecule has 0 bridgehead atoms. The molecule has 0 aliphatic rings. The average molecular weight is 324 g/mol. The molecule has 20 heavy (non-hydrogen) atoms. The first-order valence-corrected chi connectivity index (χ1v) is 7.49. The highest BCUT2D eigenvalue weighted by Gasteiger charge is 2.23. The monoisotopic (exact) mass is 323 g/mol. The van der Waals surface area contributed by atoms with E-state index in [4.69, 9.17) is 15.4 Å². The van der Waals surface area contributed by atoms with Crippen molar-refractivity contribution in [1.82, 2.24) is 14.8 Å². The van der Waals surface area contributed by atoms with Gasteiger partial charge < -0.3 is 9.30 Å². The van der Waals surface area contributed by atoms with Crippen LogP contribution in [0.25, 0.3) is 0 Å². The molecule has 1 aromatic carbocycles. The van der Waals surface area contributed by atoms with E-state index >= 15 is 0 Å². The summed E-state index contributed by atoms with van der Waals surface area (Å²) in [6, 6.07) is 1.08. The summed E-state index contributed by atoms with van der Waals surface area (Å²) in [5.41, 5.74) is 0. The Morgan fingerprint density at radius 2 is 2.10 bits per heavy atom. The van der Waals surface area contributed by atoms with Crippen molar-refractivity contribution in [3.05, 3.63) is 35.9 Å². The van der Waals surface area contributed by atoms with Crippen LogP contribution >= 0.6 is 10.7 Å².